The van der Waals surface area contributed by atoms with E-state index in [0.29, 0.717) is 21.9 Å². The zero-order valence-electron chi connectivity index (χ0n) is 17.7. The highest BCUT2D eigenvalue weighted by molar-refractivity contribution is 6.30. The summed E-state index contributed by atoms with van der Waals surface area (Å²) in [5, 5.41) is 3.88. The number of amides is 1. The van der Waals surface area contributed by atoms with E-state index in [-0.39, 0.29) is 16.3 Å². The first-order valence-corrected chi connectivity index (χ1v) is 10.4. The van der Waals surface area contributed by atoms with Gasteiger partial charge in [-0.3, -0.25) is 25.4 Å². The average Bonchev–Trinajstić information content (AvgIpc) is 3.28. The van der Waals surface area contributed by atoms with Crippen LogP contribution < -0.4 is 16.3 Å². The number of rotatable bonds is 6. The van der Waals surface area contributed by atoms with Gasteiger partial charge in [-0.15, -0.1) is 0 Å². The highest BCUT2D eigenvalue weighted by atomic mass is 35.5. The third-order valence-electron chi connectivity index (χ3n) is 5.29. The van der Waals surface area contributed by atoms with E-state index in [2.05, 4.69) is 21.1 Å². The minimum absolute atomic E-state index is 0.115. The van der Waals surface area contributed by atoms with E-state index in [1.807, 2.05) is 0 Å². The third-order valence-corrected chi connectivity index (χ3v) is 5.52. The fraction of sp³-hybridized carbons (Fsp3) is 0.125. The molecule has 3 aromatic carbocycles. The second-order valence-electron chi connectivity index (χ2n) is 7.34. The Labute approximate surface area is 197 Å². The summed E-state index contributed by atoms with van der Waals surface area (Å²) in [5.41, 5.74) is 2.90. The van der Waals surface area contributed by atoms with Crippen molar-refractivity contribution in [3.05, 3.63) is 101 Å². The van der Waals surface area contributed by atoms with Crippen molar-refractivity contribution in [3.8, 4) is 0 Å². The van der Waals surface area contributed by atoms with Crippen LogP contribution in [0.15, 0.2) is 79.1 Å². The topological polar surface area (TPSA) is 71.6 Å². The van der Waals surface area contributed by atoms with Gasteiger partial charge in [0.1, 0.15) is 0 Å². The molecule has 3 aromatic rings. The Morgan fingerprint density at radius 1 is 1.09 bits per heavy atom. The van der Waals surface area contributed by atoms with Crippen molar-refractivity contribution in [2.45, 2.75) is 11.8 Å². The summed E-state index contributed by atoms with van der Waals surface area (Å²) in [6.07, 6.45) is -1.03. The normalized spacial score (nSPS) is 18.1. The molecule has 4 rings (SSSR count). The molecule has 176 valence electrons. The van der Waals surface area contributed by atoms with E-state index < -0.39 is 17.7 Å². The first-order chi connectivity index (χ1) is 16.3. The first-order valence-electron chi connectivity index (χ1n) is 10.0. The van der Waals surface area contributed by atoms with E-state index in [9.17, 15) is 18.0 Å². The second kappa shape index (κ2) is 9.38. The maximum absolute atomic E-state index is 14.3. The van der Waals surface area contributed by atoms with Gasteiger partial charge in [0.25, 0.3) is 5.91 Å². The van der Waals surface area contributed by atoms with E-state index in [0.717, 1.165) is 6.08 Å². The van der Waals surface area contributed by atoms with Gasteiger partial charge in [0.15, 0.2) is 0 Å². The highest BCUT2D eigenvalue weighted by Crippen LogP contribution is 2.48. The van der Waals surface area contributed by atoms with Crippen molar-refractivity contribution in [1.29, 1.82) is 0 Å². The molecule has 0 fully saturated rings. The molecule has 1 atom stereocenters. The largest absolute Gasteiger partial charge is 0.428 e. The molecule has 1 heterocycles. The fourth-order valence-corrected chi connectivity index (χ4v) is 3.91. The van der Waals surface area contributed by atoms with Crippen molar-refractivity contribution in [3.63, 3.8) is 0 Å². The number of hydrogen-bond donors (Lipinski definition) is 3. The summed E-state index contributed by atoms with van der Waals surface area (Å²) in [6, 6.07) is 15.5. The Morgan fingerprint density at radius 3 is 2.56 bits per heavy atom. The molecule has 0 saturated carbocycles. The van der Waals surface area contributed by atoms with Crippen LogP contribution in [0.2, 0.25) is 5.02 Å². The van der Waals surface area contributed by atoms with Crippen LogP contribution >= 0.6 is 11.6 Å². The van der Waals surface area contributed by atoms with Crippen LogP contribution in [0.3, 0.4) is 0 Å². The number of halogens is 4. The molecule has 1 amide bonds. The van der Waals surface area contributed by atoms with Crippen LogP contribution in [0, 0.1) is 0 Å². The average molecular weight is 490 g/mol. The van der Waals surface area contributed by atoms with Gasteiger partial charge < -0.3 is 5.32 Å². The van der Waals surface area contributed by atoms with Gasteiger partial charge in [-0.2, -0.15) is 13.2 Å². The van der Waals surface area contributed by atoms with Crippen LogP contribution in [0.4, 0.5) is 13.2 Å². The summed E-state index contributed by atoms with van der Waals surface area (Å²) in [5.74, 6) is -0.398. The Balaban J connectivity index is 1.79. The molecule has 0 spiro atoms. The molecule has 1 aliphatic heterocycles. The van der Waals surface area contributed by atoms with Gasteiger partial charge in [-0.25, -0.2) is 0 Å². The van der Waals surface area contributed by atoms with E-state index in [4.69, 9.17) is 16.4 Å². The zero-order valence-corrected chi connectivity index (χ0v) is 18.5. The molecule has 6 nitrogen and oxygen atoms in total. The molecule has 34 heavy (non-hydrogen) atoms. The van der Waals surface area contributed by atoms with E-state index in [1.54, 1.807) is 36.4 Å². The molecule has 1 unspecified atom stereocenters. The zero-order chi connectivity index (χ0) is 24.3. The predicted octanol–water partition coefficient (Wildman–Crippen LogP) is 5.18. The van der Waals surface area contributed by atoms with Crippen molar-refractivity contribution in [2.24, 2.45) is 0 Å². The lowest BCUT2D eigenvalue weighted by Gasteiger charge is -2.28. The summed E-state index contributed by atoms with van der Waals surface area (Å²) in [6.45, 7) is 0. The summed E-state index contributed by atoms with van der Waals surface area (Å²) in [7, 11) is 1.42. The number of hydrogen-bond acceptors (Lipinski definition) is 5. The van der Waals surface area contributed by atoms with Crippen molar-refractivity contribution >= 4 is 34.0 Å². The number of hydroxylamine groups is 2. The summed E-state index contributed by atoms with van der Waals surface area (Å²) in [4.78, 5) is 22.5. The summed E-state index contributed by atoms with van der Waals surface area (Å²) < 4.78 is 42.8. The van der Waals surface area contributed by atoms with Gasteiger partial charge in [-0.1, -0.05) is 54.1 Å². The van der Waals surface area contributed by atoms with E-state index >= 15 is 0 Å². The van der Waals surface area contributed by atoms with Crippen LogP contribution in [-0.2, 0) is 15.3 Å². The lowest BCUT2D eigenvalue weighted by atomic mass is 9.90. The number of carbonyl (C=O) groups excluding carboxylic acids is 1. The lowest BCUT2D eigenvalue weighted by Crippen LogP contribution is -2.42. The monoisotopic (exact) mass is 489 g/mol. The van der Waals surface area contributed by atoms with Gasteiger partial charge in [0, 0.05) is 34.1 Å². The molecular weight excluding hydrogens is 471 g/mol. The SMILES string of the molecule is CONC=CNC(=O)c1ccc(C2=CC(c3cccc(Cl)c3)(C(F)(F)F)ON2)c2ccccc12. The van der Waals surface area contributed by atoms with Crippen molar-refractivity contribution in [1.82, 2.24) is 16.3 Å². The number of nitrogens with one attached hydrogen (secondary N) is 3. The molecule has 0 saturated heterocycles. The number of fused-ring (bicyclic) bond motifs is 1. The fourth-order valence-electron chi connectivity index (χ4n) is 3.72. The van der Waals surface area contributed by atoms with Crippen LogP contribution in [0.5, 0.6) is 0 Å². The Kier molecular flexibility index (Phi) is 6.52. The Hall–Kier alpha value is -3.53. The molecule has 0 radical (unpaired) electrons. The van der Waals surface area contributed by atoms with E-state index in [1.165, 1.54) is 43.8 Å². The molecular formula is C24H19ClF3N3O3. The van der Waals surface area contributed by atoms with Gasteiger partial charge >= 0.3 is 6.18 Å². The molecule has 3 N–H and O–H groups in total. The van der Waals surface area contributed by atoms with Crippen LogP contribution in [-0.4, -0.2) is 19.2 Å². The maximum atomic E-state index is 14.3. The van der Waals surface area contributed by atoms with Crippen LogP contribution in [0.25, 0.3) is 16.5 Å². The smallest absolute Gasteiger partial charge is 0.327 e. The molecule has 0 aromatic heterocycles. The predicted molar refractivity (Wildman–Crippen MR) is 122 cm³/mol. The van der Waals surface area contributed by atoms with Gasteiger partial charge in [-0.05, 0) is 35.0 Å². The minimum atomic E-state index is -4.77. The minimum Gasteiger partial charge on any atom is -0.327 e. The molecule has 1 aliphatic rings. The highest BCUT2D eigenvalue weighted by Gasteiger charge is 2.59. The molecule has 10 heteroatoms. The first kappa shape index (κ1) is 23.6. The van der Waals surface area contributed by atoms with Crippen molar-refractivity contribution < 1.29 is 27.6 Å². The third kappa shape index (κ3) is 4.33. The molecule has 0 aliphatic carbocycles. The van der Waals surface area contributed by atoms with Crippen LogP contribution in [0.1, 0.15) is 21.5 Å². The Morgan fingerprint density at radius 2 is 1.85 bits per heavy atom. The maximum Gasteiger partial charge on any atom is 0.428 e. The lowest BCUT2D eigenvalue weighted by molar-refractivity contribution is -0.269. The number of alkyl halides is 3. The molecule has 0 bridgehead atoms. The number of carbonyl (C=O) groups is 1. The van der Waals surface area contributed by atoms with Gasteiger partial charge in [0.2, 0.25) is 5.60 Å². The second-order valence-corrected chi connectivity index (χ2v) is 7.78. The van der Waals surface area contributed by atoms with Gasteiger partial charge in [0.05, 0.1) is 12.8 Å². The summed E-state index contributed by atoms with van der Waals surface area (Å²) >= 11 is 5.95. The van der Waals surface area contributed by atoms with Crippen molar-refractivity contribution in [2.75, 3.05) is 7.11 Å². The quantitative estimate of drug-likeness (QED) is 0.416. The Bertz CT molecular complexity index is 1290. The standard InChI is InChI=1S/C24H19ClF3N3O3/c1-33-30-12-11-29-22(32)20-10-9-19(17-7-2-3-8-18(17)20)21-14-23(34-31-21,24(26,27)28)15-5-4-6-16(25)13-15/h2-14,30-31H,1H3,(H,29,32). The number of benzene rings is 3.